The number of nitrogens with zero attached hydrogens (tertiary/aromatic N) is 1. The average Bonchev–Trinajstić information content (AvgIpc) is 3.05. The van der Waals surface area contributed by atoms with Gasteiger partial charge in [0.1, 0.15) is 0 Å². The van der Waals surface area contributed by atoms with E-state index in [1.807, 2.05) is 11.3 Å². The number of nitrogens with one attached hydrogen (secondary N) is 1. The maximum Gasteiger partial charge on any atom is 0.0386 e. The lowest BCUT2D eigenvalue weighted by Crippen LogP contribution is -2.32. The second kappa shape index (κ2) is 5.72. The molecule has 1 aromatic heterocycles. The van der Waals surface area contributed by atoms with Crippen LogP contribution >= 0.6 is 11.3 Å². The fraction of sp³-hybridized carbons (Fsp3) is 0.733. The second-order valence-corrected chi connectivity index (χ2v) is 6.88. The van der Waals surface area contributed by atoms with Crippen LogP contribution < -0.4 is 5.32 Å². The van der Waals surface area contributed by atoms with Crippen molar-refractivity contribution in [2.45, 2.75) is 32.2 Å². The van der Waals surface area contributed by atoms with Gasteiger partial charge in [0.05, 0.1) is 0 Å². The lowest BCUT2D eigenvalue weighted by Gasteiger charge is -2.19. The first-order valence-electron chi connectivity index (χ1n) is 7.32. The highest BCUT2D eigenvalue weighted by atomic mass is 32.1. The van der Waals surface area contributed by atoms with E-state index < -0.39 is 0 Å². The van der Waals surface area contributed by atoms with Gasteiger partial charge in [-0.3, -0.25) is 0 Å². The zero-order chi connectivity index (χ0) is 12.4. The van der Waals surface area contributed by atoms with Crippen molar-refractivity contribution in [1.82, 2.24) is 10.2 Å². The smallest absolute Gasteiger partial charge is 0.0386 e. The largest absolute Gasteiger partial charge is 0.308 e. The first-order valence-corrected chi connectivity index (χ1v) is 8.20. The lowest BCUT2D eigenvalue weighted by atomic mass is 10.0. The zero-order valence-electron chi connectivity index (χ0n) is 11.3. The second-order valence-electron chi connectivity index (χ2n) is 5.90. The van der Waals surface area contributed by atoms with E-state index in [-0.39, 0.29) is 0 Å². The normalized spacial score (nSPS) is 29.6. The molecular formula is C15H24N2S. The first kappa shape index (κ1) is 12.6. The predicted molar refractivity (Wildman–Crippen MR) is 78.0 cm³/mol. The Bertz CT molecular complexity index is 351. The van der Waals surface area contributed by atoms with Crippen LogP contribution in [0.2, 0.25) is 0 Å². The Hall–Kier alpha value is -0.380. The van der Waals surface area contributed by atoms with E-state index in [4.69, 9.17) is 0 Å². The molecule has 3 rings (SSSR count). The summed E-state index contributed by atoms with van der Waals surface area (Å²) in [5.41, 5.74) is 0. The molecule has 2 aliphatic rings. The summed E-state index contributed by atoms with van der Waals surface area (Å²) in [4.78, 5) is 4.12. The maximum atomic E-state index is 3.65. The third-order valence-electron chi connectivity index (χ3n) is 4.65. The van der Waals surface area contributed by atoms with Crippen LogP contribution in [0.15, 0.2) is 17.5 Å². The van der Waals surface area contributed by atoms with Crippen molar-refractivity contribution < 1.29 is 0 Å². The molecule has 1 aliphatic heterocycles. The van der Waals surface area contributed by atoms with Crippen LogP contribution in [0.5, 0.6) is 0 Å². The van der Waals surface area contributed by atoms with Gasteiger partial charge in [0, 0.05) is 37.1 Å². The molecule has 3 atom stereocenters. The number of fused-ring (bicyclic) bond motifs is 1. The van der Waals surface area contributed by atoms with Gasteiger partial charge in [-0.15, -0.1) is 11.3 Å². The number of hydrogen-bond acceptors (Lipinski definition) is 3. The maximum absolute atomic E-state index is 3.65. The fourth-order valence-electron chi connectivity index (χ4n) is 3.59. The molecule has 0 amide bonds. The van der Waals surface area contributed by atoms with Crippen LogP contribution in [0.1, 0.15) is 37.1 Å². The molecular weight excluding hydrogens is 240 g/mol. The summed E-state index contributed by atoms with van der Waals surface area (Å²) in [5.74, 6) is 2.06. The van der Waals surface area contributed by atoms with Crippen LogP contribution in [0.4, 0.5) is 0 Å². The minimum atomic E-state index is 0.507. The van der Waals surface area contributed by atoms with Gasteiger partial charge < -0.3 is 10.2 Å². The van der Waals surface area contributed by atoms with Gasteiger partial charge in [0.15, 0.2) is 0 Å². The van der Waals surface area contributed by atoms with Gasteiger partial charge in [-0.05, 0) is 43.0 Å². The van der Waals surface area contributed by atoms with E-state index in [1.165, 1.54) is 43.8 Å². The van der Waals surface area contributed by atoms with Crippen LogP contribution in [-0.2, 0) is 0 Å². The van der Waals surface area contributed by atoms with E-state index in [0.717, 1.165) is 18.4 Å². The molecule has 1 saturated carbocycles. The third kappa shape index (κ3) is 2.79. The van der Waals surface area contributed by atoms with Gasteiger partial charge in [0.2, 0.25) is 0 Å². The molecule has 1 N–H and O–H groups in total. The highest BCUT2D eigenvalue weighted by Gasteiger charge is 2.35. The molecule has 0 radical (unpaired) electrons. The molecule has 2 heterocycles. The van der Waals surface area contributed by atoms with Gasteiger partial charge in [-0.25, -0.2) is 0 Å². The summed E-state index contributed by atoms with van der Waals surface area (Å²) in [5, 5.41) is 5.81. The molecule has 1 aliphatic carbocycles. The molecule has 0 bridgehead atoms. The van der Waals surface area contributed by atoms with Crippen molar-refractivity contribution in [3.05, 3.63) is 22.4 Å². The Morgan fingerprint density at radius 3 is 2.83 bits per heavy atom. The molecule has 1 saturated heterocycles. The quantitative estimate of drug-likeness (QED) is 0.879. The molecule has 0 spiro atoms. The van der Waals surface area contributed by atoms with E-state index in [2.05, 4.69) is 34.7 Å². The van der Waals surface area contributed by atoms with Crippen molar-refractivity contribution >= 4 is 11.3 Å². The van der Waals surface area contributed by atoms with Gasteiger partial charge >= 0.3 is 0 Å². The van der Waals surface area contributed by atoms with Gasteiger partial charge in [-0.1, -0.05) is 12.5 Å². The summed E-state index contributed by atoms with van der Waals surface area (Å²) in [7, 11) is 0. The average molecular weight is 264 g/mol. The van der Waals surface area contributed by atoms with Crippen molar-refractivity contribution in [3.63, 3.8) is 0 Å². The first-order chi connectivity index (χ1) is 8.83. The Balaban J connectivity index is 1.38. The van der Waals surface area contributed by atoms with Crippen LogP contribution in [0, 0.1) is 11.8 Å². The van der Waals surface area contributed by atoms with E-state index in [0.29, 0.717) is 6.04 Å². The summed E-state index contributed by atoms with van der Waals surface area (Å²) in [6.07, 6.45) is 4.46. The molecule has 3 unspecified atom stereocenters. The van der Waals surface area contributed by atoms with E-state index in [1.54, 1.807) is 0 Å². The highest BCUT2D eigenvalue weighted by Crippen LogP contribution is 2.37. The molecule has 18 heavy (non-hydrogen) atoms. The minimum absolute atomic E-state index is 0.507. The third-order valence-corrected chi connectivity index (χ3v) is 5.71. The molecule has 2 fully saturated rings. The SMILES string of the molecule is CC(NCCN1CC2CCCC2C1)c1cccs1. The van der Waals surface area contributed by atoms with Crippen molar-refractivity contribution in [2.24, 2.45) is 11.8 Å². The van der Waals surface area contributed by atoms with E-state index >= 15 is 0 Å². The van der Waals surface area contributed by atoms with Crippen molar-refractivity contribution in [3.8, 4) is 0 Å². The number of thiophene rings is 1. The van der Waals surface area contributed by atoms with E-state index in [9.17, 15) is 0 Å². The molecule has 1 aromatic rings. The van der Waals surface area contributed by atoms with Gasteiger partial charge in [-0.2, -0.15) is 0 Å². The summed E-state index contributed by atoms with van der Waals surface area (Å²) in [6.45, 7) is 7.34. The fourth-order valence-corrected chi connectivity index (χ4v) is 4.35. The molecule has 0 aromatic carbocycles. The zero-order valence-corrected chi connectivity index (χ0v) is 12.1. The van der Waals surface area contributed by atoms with Crippen LogP contribution in [-0.4, -0.2) is 31.1 Å². The molecule has 3 heteroatoms. The number of hydrogen-bond donors (Lipinski definition) is 1. The highest BCUT2D eigenvalue weighted by molar-refractivity contribution is 7.10. The molecule has 100 valence electrons. The Labute approximate surface area is 114 Å². The van der Waals surface area contributed by atoms with Crippen LogP contribution in [0.25, 0.3) is 0 Å². The monoisotopic (exact) mass is 264 g/mol. The summed E-state index contributed by atoms with van der Waals surface area (Å²) < 4.78 is 0. The Kier molecular flexibility index (Phi) is 4.02. The summed E-state index contributed by atoms with van der Waals surface area (Å²) in [6, 6.07) is 4.87. The standard InChI is InChI=1S/C15H24N2S/c1-12(15-6-3-9-18-15)16-7-8-17-10-13-4-2-5-14(13)11-17/h3,6,9,12-14,16H,2,4-5,7-8,10-11H2,1H3. The summed E-state index contributed by atoms with van der Waals surface area (Å²) >= 11 is 1.85. The topological polar surface area (TPSA) is 15.3 Å². The number of rotatable bonds is 5. The minimum Gasteiger partial charge on any atom is -0.308 e. The van der Waals surface area contributed by atoms with Crippen LogP contribution in [0.3, 0.4) is 0 Å². The van der Waals surface area contributed by atoms with Crippen molar-refractivity contribution in [1.29, 1.82) is 0 Å². The lowest BCUT2D eigenvalue weighted by molar-refractivity contribution is 0.305. The Morgan fingerprint density at radius 1 is 1.39 bits per heavy atom. The molecule has 2 nitrogen and oxygen atoms in total. The van der Waals surface area contributed by atoms with Crippen molar-refractivity contribution in [2.75, 3.05) is 26.2 Å². The number of likely N-dealkylation sites (tertiary alicyclic amines) is 1. The Morgan fingerprint density at radius 2 is 2.17 bits per heavy atom. The van der Waals surface area contributed by atoms with Gasteiger partial charge in [0.25, 0.3) is 0 Å². The predicted octanol–water partition coefficient (Wildman–Crippen LogP) is 3.13.